The first-order valence-electron chi connectivity index (χ1n) is 6.85. The number of tetrazole rings is 1. The summed E-state index contributed by atoms with van der Waals surface area (Å²) in [7, 11) is 0. The van der Waals surface area contributed by atoms with E-state index in [1.54, 1.807) is 18.5 Å². The molecule has 0 aliphatic rings. The minimum absolute atomic E-state index is 0.160. The number of para-hydroxylation sites is 1. The van der Waals surface area contributed by atoms with E-state index in [4.69, 9.17) is 4.74 Å². The second-order valence-electron chi connectivity index (χ2n) is 4.69. The van der Waals surface area contributed by atoms with Gasteiger partial charge in [0.1, 0.15) is 18.5 Å². The van der Waals surface area contributed by atoms with E-state index in [9.17, 15) is 5.11 Å². The maximum atomic E-state index is 9.98. The number of hydrogen-bond acceptors (Lipinski definition) is 6. The number of aliphatic hydroxyl groups is 1. The van der Waals surface area contributed by atoms with Crippen molar-refractivity contribution in [2.24, 2.45) is 0 Å². The van der Waals surface area contributed by atoms with Crippen LogP contribution in [0.15, 0.2) is 54.9 Å². The van der Waals surface area contributed by atoms with Crippen molar-refractivity contribution in [3.63, 3.8) is 0 Å². The summed E-state index contributed by atoms with van der Waals surface area (Å²) in [5, 5.41) is 22.1. The van der Waals surface area contributed by atoms with E-state index < -0.39 is 6.10 Å². The SMILES string of the molecule is O[C@@H](COc1ccccc1)Cn1nnc(-c2cccnc2)n1. The Morgan fingerprint density at radius 2 is 2.00 bits per heavy atom. The summed E-state index contributed by atoms with van der Waals surface area (Å²) in [6.07, 6.45) is 2.62. The highest BCUT2D eigenvalue weighted by molar-refractivity contribution is 5.51. The topological polar surface area (TPSA) is 86.0 Å². The molecule has 3 rings (SSSR count). The van der Waals surface area contributed by atoms with Gasteiger partial charge in [-0.25, -0.2) is 0 Å². The lowest BCUT2D eigenvalue weighted by molar-refractivity contribution is 0.0850. The monoisotopic (exact) mass is 297 g/mol. The second kappa shape index (κ2) is 6.77. The lowest BCUT2D eigenvalue weighted by Gasteiger charge is -2.11. The molecular formula is C15H15N5O2. The number of hydrogen-bond donors (Lipinski definition) is 1. The van der Waals surface area contributed by atoms with Gasteiger partial charge in [-0.2, -0.15) is 4.80 Å². The first-order chi connectivity index (χ1) is 10.8. The van der Waals surface area contributed by atoms with Crippen molar-refractivity contribution in [3.8, 4) is 17.1 Å². The Bertz CT molecular complexity index is 702. The molecule has 0 saturated heterocycles. The zero-order chi connectivity index (χ0) is 15.2. The quantitative estimate of drug-likeness (QED) is 0.735. The molecule has 0 bridgehead atoms. The summed E-state index contributed by atoms with van der Waals surface area (Å²) < 4.78 is 5.48. The molecule has 3 aromatic rings. The molecule has 22 heavy (non-hydrogen) atoms. The molecule has 2 heterocycles. The molecule has 1 N–H and O–H groups in total. The van der Waals surface area contributed by atoms with Gasteiger partial charge in [0.2, 0.25) is 5.82 Å². The number of nitrogens with zero attached hydrogens (tertiary/aromatic N) is 5. The van der Waals surface area contributed by atoms with Crippen LogP contribution in [0.25, 0.3) is 11.4 Å². The fourth-order valence-corrected chi connectivity index (χ4v) is 1.88. The Morgan fingerprint density at radius 3 is 2.77 bits per heavy atom. The van der Waals surface area contributed by atoms with Crippen LogP contribution in [0.2, 0.25) is 0 Å². The maximum absolute atomic E-state index is 9.98. The van der Waals surface area contributed by atoms with Crippen LogP contribution in [0.3, 0.4) is 0 Å². The Hall–Kier alpha value is -2.80. The first kappa shape index (κ1) is 14.2. The normalized spacial score (nSPS) is 12.0. The summed E-state index contributed by atoms with van der Waals surface area (Å²) in [5.41, 5.74) is 0.781. The van der Waals surface area contributed by atoms with Crippen LogP contribution in [-0.2, 0) is 6.54 Å². The Balaban J connectivity index is 1.56. The predicted octanol–water partition coefficient (Wildman–Crippen LogP) is 1.17. The lowest BCUT2D eigenvalue weighted by Crippen LogP contribution is -2.24. The molecule has 0 aliphatic carbocycles. The predicted molar refractivity (Wildman–Crippen MR) is 79.0 cm³/mol. The number of ether oxygens (including phenoxy) is 1. The van der Waals surface area contributed by atoms with E-state index in [-0.39, 0.29) is 13.2 Å². The van der Waals surface area contributed by atoms with Gasteiger partial charge in [-0.15, -0.1) is 10.2 Å². The first-order valence-corrected chi connectivity index (χ1v) is 6.85. The number of pyridine rings is 1. The molecule has 7 heteroatoms. The van der Waals surface area contributed by atoms with E-state index in [1.807, 2.05) is 36.4 Å². The lowest BCUT2D eigenvalue weighted by atomic mass is 10.3. The van der Waals surface area contributed by atoms with Gasteiger partial charge in [-0.05, 0) is 29.5 Å². The molecule has 0 spiro atoms. The third-order valence-electron chi connectivity index (χ3n) is 2.93. The molecule has 0 saturated carbocycles. The van der Waals surface area contributed by atoms with Crippen molar-refractivity contribution in [2.45, 2.75) is 12.6 Å². The third-order valence-corrected chi connectivity index (χ3v) is 2.93. The Kier molecular flexibility index (Phi) is 4.35. The minimum atomic E-state index is -0.726. The highest BCUT2D eigenvalue weighted by atomic mass is 16.5. The van der Waals surface area contributed by atoms with Crippen molar-refractivity contribution in [2.75, 3.05) is 6.61 Å². The highest BCUT2D eigenvalue weighted by Crippen LogP contribution is 2.11. The fourth-order valence-electron chi connectivity index (χ4n) is 1.88. The van der Waals surface area contributed by atoms with Crippen molar-refractivity contribution < 1.29 is 9.84 Å². The Morgan fingerprint density at radius 1 is 1.14 bits per heavy atom. The highest BCUT2D eigenvalue weighted by Gasteiger charge is 2.11. The van der Waals surface area contributed by atoms with Gasteiger partial charge < -0.3 is 9.84 Å². The van der Waals surface area contributed by atoms with Crippen LogP contribution in [0, 0.1) is 0 Å². The maximum Gasteiger partial charge on any atom is 0.206 e. The molecule has 1 atom stereocenters. The van der Waals surface area contributed by atoms with Crippen LogP contribution >= 0.6 is 0 Å². The van der Waals surface area contributed by atoms with Gasteiger partial charge in [0.15, 0.2) is 0 Å². The van der Waals surface area contributed by atoms with Gasteiger partial charge in [0.25, 0.3) is 0 Å². The van der Waals surface area contributed by atoms with Crippen LogP contribution < -0.4 is 4.74 Å². The molecule has 0 fully saturated rings. The van der Waals surface area contributed by atoms with E-state index in [0.717, 1.165) is 5.56 Å². The zero-order valence-electron chi connectivity index (χ0n) is 11.8. The largest absolute Gasteiger partial charge is 0.491 e. The van der Waals surface area contributed by atoms with Gasteiger partial charge in [-0.3, -0.25) is 4.98 Å². The van der Waals surface area contributed by atoms with E-state index in [1.165, 1.54) is 4.80 Å². The fraction of sp³-hybridized carbons (Fsp3) is 0.200. The van der Waals surface area contributed by atoms with Gasteiger partial charge in [0.05, 0.1) is 6.54 Å². The van der Waals surface area contributed by atoms with Crippen LogP contribution in [-0.4, -0.2) is 43.0 Å². The molecule has 7 nitrogen and oxygen atoms in total. The summed E-state index contributed by atoms with van der Waals surface area (Å²) in [6.45, 7) is 0.369. The van der Waals surface area contributed by atoms with Gasteiger partial charge in [-0.1, -0.05) is 18.2 Å². The average Bonchev–Trinajstić information content (AvgIpc) is 3.03. The summed E-state index contributed by atoms with van der Waals surface area (Å²) in [6, 6.07) is 13.0. The number of rotatable bonds is 6. The summed E-state index contributed by atoms with van der Waals surface area (Å²) in [4.78, 5) is 5.36. The standard InChI is InChI=1S/C15H15N5O2/c21-13(11-22-14-6-2-1-3-7-14)10-20-18-15(17-19-20)12-5-4-8-16-9-12/h1-9,13,21H,10-11H2/t13-/m1/s1. The van der Waals surface area contributed by atoms with E-state index >= 15 is 0 Å². The molecule has 0 radical (unpaired) electrons. The van der Waals surface area contributed by atoms with E-state index in [2.05, 4.69) is 20.4 Å². The molecule has 0 unspecified atom stereocenters. The van der Waals surface area contributed by atoms with Crippen molar-refractivity contribution >= 4 is 0 Å². The molecular weight excluding hydrogens is 282 g/mol. The van der Waals surface area contributed by atoms with Crippen molar-refractivity contribution in [1.82, 2.24) is 25.2 Å². The van der Waals surface area contributed by atoms with Crippen LogP contribution in [0.5, 0.6) is 5.75 Å². The number of aromatic nitrogens is 5. The molecule has 1 aromatic carbocycles. The van der Waals surface area contributed by atoms with Crippen molar-refractivity contribution in [1.29, 1.82) is 0 Å². The average molecular weight is 297 g/mol. The molecule has 0 aliphatic heterocycles. The zero-order valence-corrected chi connectivity index (χ0v) is 11.8. The van der Waals surface area contributed by atoms with E-state index in [0.29, 0.717) is 11.6 Å². The molecule has 112 valence electrons. The van der Waals surface area contributed by atoms with Crippen LogP contribution in [0.4, 0.5) is 0 Å². The van der Waals surface area contributed by atoms with Gasteiger partial charge in [0, 0.05) is 18.0 Å². The van der Waals surface area contributed by atoms with Gasteiger partial charge >= 0.3 is 0 Å². The van der Waals surface area contributed by atoms with Crippen molar-refractivity contribution in [3.05, 3.63) is 54.9 Å². The minimum Gasteiger partial charge on any atom is -0.491 e. The smallest absolute Gasteiger partial charge is 0.206 e. The number of aliphatic hydroxyl groups excluding tert-OH is 1. The number of benzene rings is 1. The second-order valence-corrected chi connectivity index (χ2v) is 4.69. The molecule has 0 amide bonds. The van der Waals surface area contributed by atoms with Crippen LogP contribution in [0.1, 0.15) is 0 Å². The summed E-state index contributed by atoms with van der Waals surface area (Å²) >= 11 is 0. The summed E-state index contributed by atoms with van der Waals surface area (Å²) in [5.74, 6) is 1.19. The molecule has 2 aromatic heterocycles. The Labute approximate surface area is 127 Å². The third kappa shape index (κ3) is 3.64.